The van der Waals surface area contributed by atoms with Gasteiger partial charge in [0, 0.05) is 5.56 Å². The summed E-state index contributed by atoms with van der Waals surface area (Å²) in [5.41, 5.74) is 11.3. The van der Waals surface area contributed by atoms with Crippen molar-refractivity contribution >= 4 is 11.6 Å². The predicted octanol–water partition coefficient (Wildman–Crippen LogP) is 0.775. The van der Waals surface area contributed by atoms with Gasteiger partial charge in [-0.15, -0.1) is 5.10 Å². The van der Waals surface area contributed by atoms with Gasteiger partial charge in [-0.3, -0.25) is 5.10 Å². The second-order valence-corrected chi connectivity index (χ2v) is 2.74. The molecule has 0 amide bonds. The summed E-state index contributed by atoms with van der Waals surface area (Å²) in [5, 5.41) is 6.18. The zero-order valence-corrected chi connectivity index (χ0v) is 7.16. The first-order valence-electron chi connectivity index (χ1n) is 3.90. The van der Waals surface area contributed by atoms with Crippen LogP contribution in [-0.2, 0) is 0 Å². The van der Waals surface area contributed by atoms with Crippen LogP contribution in [0.2, 0.25) is 0 Å². The first kappa shape index (κ1) is 8.49. The summed E-state index contributed by atoms with van der Waals surface area (Å²) in [4.78, 5) is 3.85. The summed E-state index contributed by atoms with van der Waals surface area (Å²) in [6.45, 7) is 0. The average Bonchev–Trinajstić information content (AvgIpc) is 2.57. The number of benzene rings is 1. The molecule has 2 aromatic rings. The molecule has 5 nitrogen and oxygen atoms in total. The number of nitrogen functional groups attached to an aromatic ring is 2. The summed E-state index contributed by atoms with van der Waals surface area (Å²) >= 11 is 0. The van der Waals surface area contributed by atoms with E-state index >= 15 is 0 Å². The SMILES string of the molecule is Nc1n[nH]c(-c2cccc(F)c2N)n1. The first-order valence-corrected chi connectivity index (χ1v) is 3.90. The van der Waals surface area contributed by atoms with E-state index in [2.05, 4.69) is 15.2 Å². The maximum Gasteiger partial charge on any atom is 0.239 e. The predicted molar refractivity (Wildman–Crippen MR) is 50.6 cm³/mol. The maximum absolute atomic E-state index is 13.1. The number of hydrogen-bond donors (Lipinski definition) is 3. The van der Waals surface area contributed by atoms with Gasteiger partial charge in [0.1, 0.15) is 5.82 Å². The Kier molecular flexibility index (Phi) is 1.81. The number of H-pyrrole nitrogens is 1. The highest BCUT2D eigenvalue weighted by atomic mass is 19.1. The third-order valence-electron chi connectivity index (χ3n) is 1.81. The van der Waals surface area contributed by atoms with Crippen LogP contribution in [0.4, 0.5) is 16.0 Å². The normalized spacial score (nSPS) is 10.4. The molecule has 0 fully saturated rings. The summed E-state index contributed by atoms with van der Waals surface area (Å²) in [5.74, 6) is -0.0272. The van der Waals surface area contributed by atoms with Crippen molar-refractivity contribution < 1.29 is 4.39 Å². The highest BCUT2D eigenvalue weighted by molar-refractivity contribution is 5.71. The van der Waals surface area contributed by atoms with Crippen LogP contribution in [0.25, 0.3) is 11.4 Å². The Hall–Kier alpha value is -2.11. The highest BCUT2D eigenvalue weighted by Gasteiger charge is 2.09. The fraction of sp³-hybridized carbons (Fsp3) is 0. The standard InChI is InChI=1S/C8H8FN5/c9-5-3-1-2-4(6(5)10)7-12-8(11)14-13-7/h1-3H,10H2,(H3,11,12,13,14). The van der Waals surface area contributed by atoms with Gasteiger partial charge in [-0.2, -0.15) is 4.98 Å². The average molecular weight is 193 g/mol. The third-order valence-corrected chi connectivity index (χ3v) is 1.81. The lowest BCUT2D eigenvalue weighted by molar-refractivity contribution is 0.633. The number of halogens is 1. The molecule has 72 valence electrons. The zero-order valence-electron chi connectivity index (χ0n) is 7.16. The van der Waals surface area contributed by atoms with E-state index in [4.69, 9.17) is 11.5 Å². The van der Waals surface area contributed by atoms with Gasteiger partial charge in [0.25, 0.3) is 0 Å². The van der Waals surface area contributed by atoms with Crippen molar-refractivity contribution in [2.24, 2.45) is 0 Å². The molecule has 0 aliphatic carbocycles. The van der Waals surface area contributed by atoms with Gasteiger partial charge in [-0.05, 0) is 12.1 Å². The van der Waals surface area contributed by atoms with E-state index < -0.39 is 5.82 Å². The van der Waals surface area contributed by atoms with Gasteiger partial charge in [-0.25, -0.2) is 4.39 Å². The van der Waals surface area contributed by atoms with Crippen LogP contribution in [0.3, 0.4) is 0 Å². The Balaban J connectivity index is 2.57. The molecule has 0 atom stereocenters. The van der Waals surface area contributed by atoms with Crippen LogP contribution in [0.15, 0.2) is 18.2 Å². The summed E-state index contributed by atoms with van der Waals surface area (Å²) in [6.07, 6.45) is 0. The van der Waals surface area contributed by atoms with Crippen LogP contribution in [0.5, 0.6) is 0 Å². The second-order valence-electron chi connectivity index (χ2n) is 2.74. The lowest BCUT2D eigenvalue weighted by Gasteiger charge is -2.01. The van der Waals surface area contributed by atoms with Crippen LogP contribution in [0.1, 0.15) is 0 Å². The lowest BCUT2D eigenvalue weighted by atomic mass is 10.1. The Morgan fingerprint density at radius 2 is 2.07 bits per heavy atom. The molecular formula is C8H8FN5. The van der Waals surface area contributed by atoms with Gasteiger partial charge in [-0.1, -0.05) is 6.07 Å². The molecule has 0 saturated heterocycles. The molecule has 1 aromatic carbocycles. The molecule has 0 radical (unpaired) electrons. The smallest absolute Gasteiger partial charge is 0.239 e. The molecule has 1 aromatic heterocycles. The molecule has 2 rings (SSSR count). The molecule has 6 heteroatoms. The van der Waals surface area contributed by atoms with E-state index in [9.17, 15) is 4.39 Å². The first-order chi connectivity index (χ1) is 6.68. The minimum Gasteiger partial charge on any atom is -0.396 e. The topological polar surface area (TPSA) is 93.6 Å². The molecule has 0 aliphatic rings. The fourth-order valence-corrected chi connectivity index (χ4v) is 1.14. The number of nitrogens with one attached hydrogen (secondary N) is 1. The Morgan fingerprint density at radius 1 is 1.29 bits per heavy atom. The number of rotatable bonds is 1. The van der Waals surface area contributed by atoms with E-state index in [0.29, 0.717) is 11.4 Å². The number of aromatic amines is 1. The molecule has 1 heterocycles. The molecule has 0 bridgehead atoms. The Labute approximate surface area is 79.0 Å². The van der Waals surface area contributed by atoms with Crippen molar-refractivity contribution in [2.45, 2.75) is 0 Å². The van der Waals surface area contributed by atoms with Crippen molar-refractivity contribution in [3.8, 4) is 11.4 Å². The van der Waals surface area contributed by atoms with E-state index in [0.717, 1.165) is 0 Å². The van der Waals surface area contributed by atoms with Crippen LogP contribution in [0, 0.1) is 5.82 Å². The highest BCUT2D eigenvalue weighted by Crippen LogP contribution is 2.24. The number of aromatic nitrogens is 3. The lowest BCUT2D eigenvalue weighted by Crippen LogP contribution is -1.95. The van der Waals surface area contributed by atoms with Crippen molar-refractivity contribution in [1.82, 2.24) is 15.2 Å². The van der Waals surface area contributed by atoms with Gasteiger partial charge in [0.15, 0.2) is 5.82 Å². The van der Waals surface area contributed by atoms with Crippen molar-refractivity contribution in [2.75, 3.05) is 11.5 Å². The minimum atomic E-state index is -0.488. The van der Waals surface area contributed by atoms with E-state index in [-0.39, 0.29) is 11.6 Å². The third kappa shape index (κ3) is 1.26. The number of nitrogens with two attached hydrogens (primary N) is 2. The van der Waals surface area contributed by atoms with E-state index in [1.54, 1.807) is 12.1 Å². The number of para-hydroxylation sites is 1. The molecular weight excluding hydrogens is 185 g/mol. The Morgan fingerprint density at radius 3 is 2.71 bits per heavy atom. The molecule has 0 unspecified atom stereocenters. The van der Waals surface area contributed by atoms with Gasteiger partial charge in [0.2, 0.25) is 5.95 Å². The second kappa shape index (κ2) is 2.99. The van der Waals surface area contributed by atoms with E-state index in [1.807, 2.05) is 0 Å². The van der Waals surface area contributed by atoms with Crippen LogP contribution < -0.4 is 11.5 Å². The fourth-order valence-electron chi connectivity index (χ4n) is 1.14. The van der Waals surface area contributed by atoms with Crippen LogP contribution >= 0.6 is 0 Å². The number of hydrogen-bond acceptors (Lipinski definition) is 4. The Bertz CT molecular complexity index is 465. The van der Waals surface area contributed by atoms with Gasteiger partial charge < -0.3 is 11.5 Å². The summed E-state index contributed by atoms with van der Waals surface area (Å²) in [7, 11) is 0. The largest absolute Gasteiger partial charge is 0.396 e. The maximum atomic E-state index is 13.1. The van der Waals surface area contributed by atoms with Crippen molar-refractivity contribution in [1.29, 1.82) is 0 Å². The van der Waals surface area contributed by atoms with E-state index in [1.165, 1.54) is 6.07 Å². The number of anilines is 2. The van der Waals surface area contributed by atoms with Gasteiger partial charge in [0.05, 0.1) is 5.69 Å². The summed E-state index contributed by atoms with van der Waals surface area (Å²) in [6, 6.07) is 4.46. The van der Waals surface area contributed by atoms with Crippen LogP contribution in [-0.4, -0.2) is 15.2 Å². The quantitative estimate of drug-likeness (QED) is 0.583. The molecule has 0 saturated carbocycles. The summed E-state index contributed by atoms with van der Waals surface area (Å²) < 4.78 is 13.1. The minimum absolute atomic E-state index is 0.0312. The zero-order chi connectivity index (χ0) is 10.1. The molecule has 5 N–H and O–H groups in total. The monoisotopic (exact) mass is 193 g/mol. The van der Waals surface area contributed by atoms with Crippen molar-refractivity contribution in [3.05, 3.63) is 24.0 Å². The molecule has 14 heavy (non-hydrogen) atoms. The number of nitrogens with zero attached hydrogens (tertiary/aromatic N) is 2. The van der Waals surface area contributed by atoms with Crippen molar-refractivity contribution in [3.63, 3.8) is 0 Å². The molecule has 0 aliphatic heterocycles. The van der Waals surface area contributed by atoms with Gasteiger partial charge >= 0.3 is 0 Å². The molecule has 0 spiro atoms.